The van der Waals surface area contributed by atoms with Crippen molar-refractivity contribution in [3.05, 3.63) is 12.3 Å². The molecule has 102 valence electrons. The fraction of sp³-hybridized carbons (Fsp3) is 0.875. The topological polar surface area (TPSA) is 9.23 Å². The van der Waals surface area contributed by atoms with Gasteiger partial charge in [-0.25, -0.2) is 0 Å². The molecule has 0 rings (SSSR count). The molecule has 0 saturated carbocycles. The maximum Gasteiger partial charge on any atom is 0.0873 e. The van der Waals surface area contributed by atoms with Crippen LogP contribution in [0, 0.1) is 0 Å². The molecule has 0 aliphatic heterocycles. The van der Waals surface area contributed by atoms with Gasteiger partial charge in [0.2, 0.25) is 0 Å². The smallest absolute Gasteiger partial charge is 0.0873 e. The molecule has 0 heterocycles. The van der Waals surface area contributed by atoms with Crippen LogP contribution in [0.5, 0.6) is 0 Å². The van der Waals surface area contributed by atoms with E-state index in [-0.39, 0.29) is 0 Å². The highest BCUT2D eigenvalue weighted by molar-refractivity contribution is 4.73. The molecule has 0 aromatic carbocycles. The lowest BCUT2D eigenvalue weighted by Gasteiger charge is -2.00. The van der Waals surface area contributed by atoms with Crippen molar-refractivity contribution >= 4 is 0 Å². The lowest BCUT2D eigenvalue weighted by molar-refractivity contribution is 0.239. The van der Waals surface area contributed by atoms with Gasteiger partial charge in [0, 0.05) is 0 Å². The number of ether oxygens (including phenoxy) is 1. The second kappa shape index (κ2) is 15.5. The van der Waals surface area contributed by atoms with E-state index in [1.807, 2.05) is 6.26 Å². The van der Waals surface area contributed by atoms with E-state index in [4.69, 9.17) is 4.74 Å². The van der Waals surface area contributed by atoms with Crippen LogP contribution in [0.2, 0.25) is 0 Å². The van der Waals surface area contributed by atoms with Gasteiger partial charge < -0.3 is 4.74 Å². The Bertz CT molecular complexity index is 152. The third kappa shape index (κ3) is 15.5. The van der Waals surface area contributed by atoms with Gasteiger partial charge in [-0.05, 0) is 25.3 Å². The van der Waals surface area contributed by atoms with Crippen LogP contribution in [0.1, 0.15) is 84.5 Å². The Balaban J connectivity index is 2.99. The Labute approximate surface area is 109 Å². The van der Waals surface area contributed by atoms with E-state index in [0.29, 0.717) is 0 Å². The molecule has 0 aromatic rings. The molecule has 0 bridgehead atoms. The zero-order valence-corrected chi connectivity index (χ0v) is 12.0. The van der Waals surface area contributed by atoms with Gasteiger partial charge in [-0.3, -0.25) is 0 Å². The van der Waals surface area contributed by atoms with E-state index in [0.717, 1.165) is 6.61 Å². The van der Waals surface area contributed by atoms with Crippen LogP contribution in [0.4, 0.5) is 0 Å². The van der Waals surface area contributed by atoms with Crippen molar-refractivity contribution in [2.75, 3.05) is 6.61 Å². The van der Waals surface area contributed by atoms with Crippen LogP contribution in [-0.4, -0.2) is 6.61 Å². The second-order valence-corrected chi connectivity index (χ2v) is 4.86. The average molecular weight is 240 g/mol. The molecule has 1 heteroatoms. The highest BCUT2D eigenvalue weighted by atomic mass is 16.5. The van der Waals surface area contributed by atoms with Crippen LogP contribution in [-0.2, 0) is 4.74 Å². The molecule has 0 aromatic heterocycles. The molecule has 0 fully saturated rings. The fourth-order valence-corrected chi connectivity index (χ4v) is 1.86. The summed E-state index contributed by atoms with van der Waals surface area (Å²) < 4.78 is 5.44. The van der Waals surface area contributed by atoms with Crippen molar-refractivity contribution in [1.82, 2.24) is 0 Å². The Morgan fingerprint density at radius 2 is 1.29 bits per heavy atom. The average Bonchev–Trinajstić information content (AvgIpc) is 2.35. The summed E-state index contributed by atoms with van der Waals surface area (Å²) >= 11 is 0. The summed E-state index contributed by atoms with van der Waals surface area (Å²) in [4.78, 5) is 0. The first-order valence-electron chi connectivity index (χ1n) is 7.68. The molecule has 17 heavy (non-hydrogen) atoms. The van der Waals surface area contributed by atoms with E-state index in [1.54, 1.807) is 0 Å². The second-order valence-electron chi connectivity index (χ2n) is 4.86. The van der Waals surface area contributed by atoms with E-state index < -0.39 is 0 Å². The standard InChI is InChI=1S/C16H32O/c1-3-5-7-9-10-11-12-14-16-17-15-13-8-6-4-2/h14,16H,3-13,15H2,1-2H3/b16-14+. The molecule has 0 spiro atoms. The third-order valence-corrected chi connectivity index (χ3v) is 3.03. The minimum absolute atomic E-state index is 0.896. The maximum absolute atomic E-state index is 5.44. The van der Waals surface area contributed by atoms with Crippen LogP contribution in [0.25, 0.3) is 0 Å². The van der Waals surface area contributed by atoms with Crippen LogP contribution < -0.4 is 0 Å². The first-order chi connectivity index (χ1) is 8.41. The van der Waals surface area contributed by atoms with Crippen molar-refractivity contribution in [3.8, 4) is 0 Å². The van der Waals surface area contributed by atoms with Crippen molar-refractivity contribution in [2.24, 2.45) is 0 Å². The Morgan fingerprint density at radius 3 is 2.00 bits per heavy atom. The third-order valence-electron chi connectivity index (χ3n) is 3.03. The van der Waals surface area contributed by atoms with Crippen LogP contribution in [0.3, 0.4) is 0 Å². The molecular formula is C16H32O. The molecule has 0 amide bonds. The van der Waals surface area contributed by atoms with Gasteiger partial charge >= 0.3 is 0 Å². The lowest BCUT2D eigenvalue weighted by atomic mass is 10.1. The summed E-state index contributed by atoms with van der Waals surface area (Å²) in [6, 6.07) is 0. The summed E-state index contributed by atoms with van der Waals surface area (Å²) in [6.07, 6.45) is 18.7. The number of rotatable bonds is 13. The number of allylic oxidation sites excluding steroid dienone is 1. The van der Waals surface area contributed by atoms with Gasteiger partial charge in [-0.1, -0.05) is 65.2 Å². The Morgan fingerprint density at radius 1 is 0.706 bits per heavy atom. The summed E-state index contributed by atoms with van der Waals surface area (Å²) in [6.45, 7) is 5.40. The predicted octanol–water partition coefficient (Wildman–Crippen LogP) is 5.85. The van der Waals surface area contributed by atoms with E-state index >= 15 is 0 Å². The van der Waals surface area contributed by atoms with Gasteiger partial charge in [-0.15, -0.1) is 0 Å². The molecule has 0 unspecified atom stereocenters. The molecule has 0 N–H and O–H groups in total. The number of hydrogen-bond acceptors (Lipinski definition) is 1. The Hall–Kier alpha value is -0.460. The quantitative estimate of drug-likeness (QED) is 0.290. The minimum Gasteiger partial charge on any atom is -0.502 e. The predicted molar refractivity (Wildman–Crippen MR) is 77.2 cm³/mol. The van der Waals surface area contributed by atoms with Gasteiger partial charge in [0.25, 0.3) is 0 Å². The summed E-state index contributed by atoms with van der Waals surface area (Å²) in [7, 11) is 0. The Kier molecular flexibility index (Phi) is 15.1. The summed E-state index contributed by atoms with van der Waals surface area (Å²) in [5, 5.41) is 0. The number of hydrogen-bond donors (Lipinski definition) is 0. The first-order valence-corrected chi connectivity index (χ1v) is 7.68. The number of unbranched alkanes of at least 4 members (excludes halogenated alkanes) is 9. The lowest BCUT2D eigenvalue weighted by Crippen LogP contribution is -1.87. The zero-order chi connectivity index (χ0) is 12.6. The molecule has 0 atom stereocenters. The normalized spacial score (nSPS) is 11.2. The van der Waals surface area contributed by atoms with Crippen molar-refractivity contribution in [2.45, 2.75) is 84.5 Å². The van der Waals surface area contributed by atoms with Crippen LogP contribution >= 0.6 is 0 Å². The highest BCUT2D eigenvalue weighted by Gasteiger charge is 1.88. The van der Waals surface area contributed by atoms with Crippen molar-refractivity contribution in [3.63, 3.8) is 0 Å². The first kappa shape index (κ1) is 16.5. The monoisotopic (exact) mass is 240 g/mol. The van der Waals surface area contributed by atoms with Crippen molar-refractivity contribution in [1.29, 1.82) is 0 Å². The van der Waals surface area contributed by atoms with Crippen LogP contribution in [0.15, 0.2) is 12.3 Å². The van der Waals surface area contributed by atoms with Gasteiger partial charge in [0.05, 0.1) is 12.9 Å². The fourth-order valence-electron chi connectivity index (χ4n) is 1.86. The van der Waals surface area contributed by atoms with E-state index in [1.165, 1.54) is 70.6 Å². The summed E-state index contributed by atoms with van der Waals surface area (Å²) in [5.74, 6) is 0. The van der Waals surface area contributed by atoms with Gasteiger partial charge in [-0.2, -0.15) is 0 Å². The molecule has 0 saturated heterocycles. The SMILES string of the molecule is CCCCCCCC/C=C/OCCCCCC. The molecule has 0 radical (unpaired) electrons. The van der Waals surface area contributed by atoms with Gasteiger partial charge in [0.15, 0.2) is 0 Å². The molecule has 1 nitrogen and oxygen atoms in total. The van der Waals surface area contributed by atoms with E-state index in [9.17, 15) is 0 Å². The molecular weight excluding hydrogens is 208 g/mol. The summed E-state index contributed by atoms with van der Waals surface area (Å²) in [5.41, 5.74) is 0. The zero-order valence-electron chi connectivity index (χ0n) is 12.0. The van der Waals surface area contributed by atoms with E-state index in [2.05, 4.69) is 19.9 Å². The molecule has 0 aliphatic carbocycles. The largest absolute Gasteiger partial charge is 0.502 e. The molecule has 0 aliphatic rings. The minimum atomic E-state index is 0.896. The van der Waals surface area contributed by atoms with Crippen molar-refractivity contribution < 1.29 is 4.74 Å². The van der Waals surface area contributed by atoms with Gasteiger partial charge in [0.1, 0.15) is 0 Å². The maximum atomic E-state index is 5.44. The highest BCUT2D eigenvalue weighted by Crippen LogP contribution is 2.07.